The van der Waals surface area contributed by atoms with Crippen molar-refractivity contribution in [2.24, 2.45) is 4.99 Å². The Morgan fingerprint density at radius 2 is 1.83 bits per heavy atom. The summed E-state index contributed by atoms with van der Waals surface area (Å²) in [5.41, 5.74) is 2.52. The number of fused-ring (bicyclic) bond motifs is 1. The molecule has 0 bridgehead atoms. The van der Waals surface area contributed by atoms with Crippen LogP contribution in [-0.4, -0.2) is 63.4 Å². The number of allylic oxidation sites excluding steroid dienone is 1. The number of likely N-dealkylation sites (tertiary alicyclic amines) is 1. The lowest BCUT2D eigenvalue weighted by Crippen LogP contribution is -2.47. The zero-order chi connectivity index (χ0) is 18.9. The Bertz CT molecular complexity index is 914. The number of nitrogens with zero attached hydrogens (tertiary/aromatic N) is 5. The number of hydrogen-bond donors (Lipinski definition) is 2. The molecule has 3 aliphatic rings. The number of anilines is 1. The van der Waals surface area contributed by atoms with E-state index < -0.39 is 0 Å². The van der Waals surface area contributed by atoms with E-state index in [4.69, 9.17) is 0 Å². The highest BCUT2D eigenvalue weighted by molar-refractivity contribution is 6.20. The van der Waals surface area contributed by atoms with E-state index in [1.807, 2.05) is 18.2 Å². The lowest BCUT2D eigenvalue weighted by Gasteiger charge is -2.40. The van der Waals surface area contributed by atoms with Crippen LogP contribution in [0.1, 0.15) is 43.4 Å². The largest absolute Gasteiger partial charge is 0.492 e. The van der Waals surface area contributed by atoms with Gasteiger partial charge in [-0.2, -0.15) is 4.98 Å². The summed E-state index contributed by atoms with van der Waals surface area (Å²) in [6.45, 7) is 4.44. The summed E-state index contributed by atoms with van der Waals surface area (Å²) in [6.07, 6.45) is 11.8. The van der Waals surface area contributed by atoms with E-state index >= 15 is 0 Å². The molecular formula is C21H28Cl2N6O. The predicted octanol–water partition coefficient (Wildman–Crippen LogP) is 4.07. The minimum Gasteiger partial charge on any atom is -0.492 e. The number of aromatic nitrogens is 3. The molecule has 2 saturated heterocycles. The number of piperidine rings is 2. The first kappa shape index (κ1) is 22.6. The van der Waals surface area contributed by atoms with E-state index in [1.165, 1.54) is 32.4 Å². The highest BCUT2D eigenvalue weighted by Gasteiger charge is 2.27. The summed E-state index contributed by atoms with van der Waals surface area (Å²) in [5.74, 6) is 1.50. The maximum Gasteiger partial charge on any atom is 0.238 e. The molecule has 30 heavy (non-hydrogen) atoms. The van der Waals surface area contributed by atoms with E-state index in [2.05, 4.69) is 29.7 Å². The van der Waals surface area contributed by atoms with Crippen LogP contribution in [0.25, 0.3) is 11.6 Å². The topological polar surface area (TPSA) is 80.6 Å². The number of H-pyrrole nitrogens is 1. The molecule has 2 fully saturated rings. The Labute approximate surface area is 189 Å². The number of rotatable bonds is 3. The molecule has 2 N–H and O–H groups in total. The van der Waals surface area contributed by atoms with Gasteiger partial charge in [-0.15, -0.1) is 24.8 Å². The van der Waals surface area contributed by atoms with Gasteiger partial charge in [-0.1, -0.05) is 6.42 Å². The van der Waals surface area contributed by atoms with Gasteiger partial charge < -0.3 is 19.9 Å². The summed E-state index contributed by atoms with van der Waals surface area (Å²) >= 11 is 0. The Morgan fingerprint density at radius 1 is 1.07 bits per heavy atom. The van der Waals surface area contributed by atoms with Crippen LogP contribution in [0.5, 0.6) is 5.88 Å². The monoisotopic (exact) mass is 450 g/mol. The maximum absolute atomic E-state index is 10.3. The minimum atomic E-state index is 0. The number of nitrogens with one attached hydrogen (secondary N) is 1. The molecule has 0 saturated carbocycles. The lowest BCUT2D eigenvalue weighted by molar-refractivity contribution is 0.141. The Morgan fingerprint density at radius 3 is 2.60 bits per heavy atom. The summed E-state index contributed by atoms with van der Waals surface area (Å²) in [4.78, 5) is 21.2. The van der Waals surface area contributed by atoms with Crippen molar-refractivity contribution in [1.29, 1.82) is 0 Å². The average Bonchev–Trinajstić information content (AvgIpc) is 3.33. The van der Waals surface area contributed by atoms with Crippen molar-refractivity contribution in [3.63, 3.8) is 0 Å². The number of imidazole rings is 1. The molecule has 0 radical (unpaired) electrons. The van der Waals surface area contributed by atoms with Crippen LogP contribution >= 0.6 is 24.8 Å². The summed E-state index contributed by atoms with van der Waals surface area (Å²) < 4.78 is 0. The Kier molecular flexibility index (Phi) is 7.39. The van der Waals surface area contributed by atoms with Gasteiger partial charge in [-0.3, -0.25) is 0 Å². The molecule has 162 valence electrons. The molecule has 0 amide bonds. The SMILES string of the molecule is Cl.Cl.Oc1nc(N2CCC(N3CCCCC3)CC2)[nH]c1/C=C1\C=Nc2ncccc21. The average molecular weight is 451 g/mol. The van der Waals surface area contributed by atoms with Gasteiger partial charge in [0.05, 0.1) is 0 Å². The van der Waals surface area contributed by atoms with Crippen molar-refractivity contribution in [3.05, 3.63) is 29.6 Å². The third-order valence-electron chi connectivity index (χ3n) is 6.09. The highest BCUT2D eigenvalue weighted by Crippen LogP contribution is 2.32. The van der Waals surface area contributed by atoms with E-state index in [0.717, 1.165) is 43.0 Å². The third-order valence-corrected chi connectivity index (χ3v) is 6.09. The van der Waals surface area contributed by atoms with Crippen LogP contribution in [0.4, 0.5) is 11.8 Å². The smallest absolute Gasteiger partial charge is 0.238 e. The second-order valence-electron chi connectivity index (χ2n) is 7.84. The van der Waals surface area contributed by atoms with Gasteiger partial charge >= 0.3 is 0 Å². The number of aliphatic imine (C=N–C) groups is 1. The molecular weight excluding hydrogens is 423 g/mol. The quantitative estimate of drug-likeness (QED) is 0.736. The molecule has 2 aromatic heterocycles. The van der Waals surface area contributed by atoms with E-state index in [9.17, 15) is 5.11 Å². The fraction of sp³-hybridized carbons (Fsp3) is 0.476. The molecule has 2 aromatic rings. The first-order valence-corrected chi connectivity index (χ1v) is 10.3. The number of aromatic amines is 1. The van der Waals surface area contributed by atoms with Crippen LogP contribution in [0.2, 0.25) is 0 Å². The molecule has 5 rings (SSSR count). The van der Waals surface area contributed by atoms with Gasteiger partial charge in [-0.05, 0) is 57.0 Å². The van der Waals surface area contributed by atoms with Crippen molar-refractivity contribution < 1.29 is 5.11 Å². The van der Waals surface area contributed by atoms with Crippen LogP contribution in [0.15, 0.2) is 23.3 Å². The number of hydrogen-bond acceptors (Lipinski definition) is 6. The first-order valence-electron chi connectivity index (χ1n) is 10.3. The number of pyridine rings is 1. The standard InChI is InChI=1S/C21H26N6O.2ClH/c28-20-18(13-15-14-23-19-17(15)5-4-8-22-19)24-21(25-20)27-11-6-16(7-12-27)26-9-2-1-3-10-26;;/h4-5,8,13-14,16,28H,1-3,6-7,9-12H2,(H,24,25);2*1H/b15-13+;;. The van der Waals surface area contributed by atoms with Gasteiger partial charge in [0, 0.05) is 42.7 Å². The summed E-state index contributed by atoms with van der Waals surface area (Å²) in [6, 6.07) is 4.58. The molecule has 0 atom stereocenters. The molecule has 7 nitrogen and oxygen atoms in total. The van der Waals surface area contributed by atoms with Crippen molar-refractivity contribution in [2.75, 3.05) is 31.1 Å². The first-order chi connectivity index (χ1) is 13.8. The second-order valence-corrected chi connectivity index (χ2v) is 7.84. The fourth-order valence-electron chi connectivity index (χ4n) is 4.54. The van der Waals surface area contributed by atoms with Crippen molar-refractivity contribution in [1.82, 2.24) is 19.9 Å². The molecule has 0 aliphatic carbocycles. The van der Waals surface area contributed by atoms with E-state index in [0.29, 0.717) is 17.6 Å². The maximum atomic E-state index is 10.3. The zero-order valence-corrected chi connectivity index (χ0v) is 18.5. The van der Waals surface area contributed by atoms with Crippen molar-refractivity contribution in [2.45, 2.75) is 38.1 Å². The molecule has 0 unspecified atom stereocenters. The zero-order valence-electron chi connectivity index (χ0n) is 16.8. The fourth-order valence-corrected chi connectivity index (χ4v) is 4.54. The molecule has 9 heteroatoms. The Balaban J connectivity index is 0.00000128. The van der Waals surface area contributed by atoms with Crippen LogP contribution < -0.4 is 4.90 Å². The predicted molar refractivity (Wildman–Crippen MR) is 126 cm³/mol. The van der Waals surface area contributed by atoms with Crippen LogP contribution in [-0.2, 0) is 0 Å². The van der Waals surface area contributed by atoms with Gasteiger partial charge in [0.1, 0.15) is 5.69 Å². The summed E-state index contributed by atoms with van der Waals surface area (Å²) in [7, 11) is 0. The molecule has 0 spiro atoms. The highest BCUT2D eigenvalue weighted by atomic mass is 35.5. The van der Waals surface area contributed by atoms with Crippen LogP contribution in [0.3, 0.4) is 0 Å². The van der Waals surface area contributed by atoms with Gasteiger partial charge in [0.2, 0.25) is 11.8 Å². The van der Waals surface area contributed by atoms with Crippen LogP contribution in [0, 0.1) is 0 Å². The lowest BCUT2D eigenvalue weighted by atomic mass is 10.0. The van der Waals surface area contributed by atoms with Gasteiger partial charge in [0.15, 0.2) is 5.82 Å². The van der Waals surface area contributed by atoms with E-state index in [1.54, 1.807) is 12.4 Å². The number of aromatic hydroxyl groups is 1. The minimum absolute atomic E-state index is 0. The second kappa shape index (κ2) is 9.81. The Hall–Kier alpha value is -2.09. The summed E-state index contributed by atoms with van der Waals surface area (Å²) in [5, 5.41) is 10.3. The molecule has 0 aromatic carbocycles. The molecule has 5 heterocycles. The molecule has 3 aliphatic heterocycles. The van der Waals surface area contributed by atoms with Gasteiger partial charge in [-0.25, -0.2) is 9.98 Å². The van der Waals surface area contributed by atoms with Gasteiger partial charge in [0.25, 0.3) is 0 Å². The number of halogens is 2. The third kappa shape index (κ3) is 4.48. The van der Waals surface area contributed by atoms with Crippen molar-refractivity contribution >= 4 is 54.4 Å². The van der Waals surface area contributed by atoms with Crippen molar-refractivity contribution in [3.8, 4) is 5.88 Å². The van der Waals surface area contributed by atoms with E-state index in [-0.39, 0.29) is 30.7 Å². The normalized spacial score (nSPS) is 20.7.